The molecule has 0 spiro atoms. The third kappa shape index (κ3) is 3.55. The SMILES string of the molecule is CCc1cc(Br)ccc1NC(=O)c1ccc(OC)cc1O. The number of aryl methyl sites for hydroxylation is 1. The standard InChI is InChI=1S/C16H16BrNO3/c1-3-10-8-11(17)4-7-14(10)18-16(20)13-6-5-12(21-2)9-15(13)19/h4-9,19H,3H2,1-2H3,(H,18,20). The van der Waals surface area contributed by atoms with Crippen LogP contribution in [0, 0.1) is 0 Å². The van der Waals surface area contributed by atoms with Gasteiger partial charge in [-0.15, -0.1) is 0 Å². The van der Waals surface area contributed by atoms with Crippen LogP contribution in [0.2, 0.25) is 0 Å². The third-order valence-electron chi connectivity index (χ3n) is 3.15. The quantitative estimate of drug-likeness (QED) is 0.877. The van der Waals surface area contributed by atoms with Gasteiger partial charge in [-0.3, -0.25) is 4.79 Å². The Labute approximate surface area is 131 Å². The van der Waals surface area contributed by atoms with Crippen LogP contribution in [0.5, 0.6) is 11.5 Å². The van der Waals surface area contributed by atoms with Crippen molar-refractivity contribution in [1.29, 1.82) is 0 Å². The number of rotatable bonds is 4. The average molecular weight is 350 g/mol. The Morgan fingerprint density at radius 3 is 2.67 bits per heavy atom. The zero-order valence-corrected chi connectivity index (χ0v) is 13.4. The lowest BCUT2D eigenvalue weighted by molar-refractivity contribution is 0.102. The van der Waals surface area contributed by atoms with E-state index >= 15 is 0 Å². The Balaban J connectivity index is 2.26. The van der Waals surface area contributed by atoms with Gasteiger partial charge in [-0.25, -0.2) is 0 Å². The van der Waals surface area contributed by atoms with Crippen LogP contribution in [-0.2, 0) is 6.42 Å². The minimum Gasteiger partial charge on any atom is -0.507 e. The number of carbonyl (C=O) groups excluding carboxylic acids is 1. The molecule has 5 heteroatoms. The number of phenolic OH excluding ortho intramolecular Hbond substituents is 1. The molecule has 2 N–H and O–H groups in total. The number of methoxy groups -OCH3 is 1. The Bertz CT molecular complexity index is 671. The molecule has 1 amide bonds. The highest BCUT2D eigenvalue weighted by Gasteiger charge is 2.13. The molecule has 0 saturated carbocycles. The Morgan fingerprint density at radius 1 is 1.29 bits per heavy atom. The summed E-state index contributed by atoms with van der Waals surface area (Å²) in [6.45, 7) is 2.02. The molecule has 0 atom stereocenters. The van der Waals surface area contributed by atoms with Crippen LogP contribution in [-0.4, -0.2) is 18.1 Å². The number of ether oxygens (including phenoxy) is 1. The van der Waals surface area contributed by atoms with Crippen molar-refractivity contribution < 1.29 is 14.6 Å². The lowest BCUT2D eigenvalue weighted by Gasteiger charge is -2.11. The second-order valence-corrected chi connectivity index (χ2v) is 5.41. The molecule has 0 heterocycles. The normalized spacial score (nSPS) is 10.2. The molecule has 0 saturated heterocycles. The highest BCUT2D eigenvalue weighted by Crippen LogP contribution is 2.26. The van der Waals surface area contributed by atoms with Gasteiger partial charge in [0.1, 0.15) is 11.5 Å². The fourth-order valence-electron chi connectivity index (χ4n) is 2.00. The summed E-state index contributed by atoms with van der Waals surface area (Å²) < 4.78 is 5.96. The van der Waals surface area contributed by atoms with Crippen molar-refractivity contribution in [3.63, 3.8) is 0 Å². The topological polar surface area (TPSA) is 58.6 Å². The molecule has 0 aliphatic rings. The Kier molecular flexibility index (Phi) is 4.85. The van der Waals surface area contributed by atoms with E-state index in [0.717, 1.165) is 22.1 Å². The second-order valence-electron chi connectivity index (χ2n) is 4.49. The molecule has 0 unspecified atom stereocenters. The second kappa shape index (κ2) is 6.63. The summed E-state index contributed by atoms with van der Waals surface area (Å²) in [5.74, 6) is 0.0381. The van der Waals surface area contributed by atoms with Crippen molar-refractivity contribution in [3.8, 4) is 11.5 Å². The summed E-state index contributed by atoms with van der Waals surface area (Å²) in [5, 5.41) is 12.7. The molecule has 2 aromatic carbocycles. The van der Waals surface area contributed by atoms with E-state index < -0.39 is 0 Å². The van der Waals surface area contributed by atoms with Gasteiger partial charge in [0, 0.05) is 16.2 Å². The number of carbonyl (C=O) groups is 1. The maximum Gasteiger partial charge on any atom is 0.259 e. The van der Waals surface area contributed by atoms with Gasteiger partial charge in [0.2, 0.25) is 0 Å². The van der Waals surface area contributed by atoms with Crippen molar-refractivity contribution in [1.82, 2.24) is 0 Å². The molecule has 2 rings (SSSR count). The molecule has 0 aromatic heterocycles. The summed E-state index contributed by atoms with van der Waals surface area (Å²) in [6, 6.07) is 10.2. The first-order chi connectivity index (χ1) is 10.0. The first kappa shape index (κ1) is 15.4. The number of halogens is 1. The monoisotopic (exact) mass is 349 g/mol. The first-order valence-corrected chi connectivity index (χ1v) is 7.31. The van der Waals surface area contributed by atoms with Gasteiger partial charge in [0.15, 0.2) is 0 Å². The molecule has 0 fully saturated rings. The van der Waals surface area contributed by atoms with Crippen molar-refractivity contribution in [2.45, 2.75) is 13.3 Å². The minimum atomic E-state index is -0.354. The highest BCUT2D eigenvalue weighted by atomic mass is 79.9. The summed E-state index contributed by atoms with van der Waals surface area (Å²) in [4.78, 5) is 12.3. The van der Waals surface area contributed by atoms with Gasteiger partial charge < -0.3 is 15.2 Å². The zero-order chi connectivity index (χ0) is 15.4. The molecule has 2 aromatic rings. The molecule has 21 heavy (non-hydrogen) atoms. The van der Waals surface area contributed by atoms with Crippen molar-refractivity contribution in [2.24, 2.45) is 0 Å². The van der Waals surface area contributed by atoms with E-state index in [1.54, 1.807) is 6.07 Å². The maximum absolute atomic E-state index is 12.3. The predicted molar refractivity (Wildman–Crippen MR) is 86.1 cm³/mol. The summed E-state index contributed by atoms with van der Waals surface area (Å²) in [6.07, 6.45) is 0.795. The fraction of sp³-hybridized carbons (Fsp3) is 0.188. The summed E-state index contributed by atoms with van der Waals surface area (Å²) in [7, 11) is 1.50. The number of anilines is 1. The molecule has 0 bridgehead atoms. The number of hydrogen-bond donors (Lipinski definition) is 2. The number of nitrogens with one attached hydrogen (secondary N) is 1. The van der Waals surface area contributed by atoms with Crippen molar-refractivity contribution in [3.05, 3.63) is 52.0 Å². The fourth-order valence-corrected chi connectivity index (χ4v) is 2.41. The van der Waals surface area contributed by atoms with Crippen LogP contribution in [0.3, 0.4) is 0 Å². The maximum atomic E-state index is 12.3. The van der Waals surface area contributed by atoms with E-state index in [2.05, 4.69) is 21.2 Å². The zero-order valence-electron chi connectivity index (χ0n) is 11.8. The highest BCUT2D eigenvalue weighted by molar-refractivity contribution is 9.10. The van der Waals surface area contributed by atoms with Gasteiger partial charge in [0.25, 0.3) is 5.91 Å². The number of hydrogen-bond acceptors (Lipinski definition) is 3. The first-order valence-electron chi connectivity index (χ1n) is 6.52. The lowest BCUT2D eigenvalue weighted by atomic mass is 10.1. The van der Waals surface area contributed by atoms with E-state index in [1.165, 1.54) is 19.2 Å². The molecule has 0 radical (unpaired) electrons. The van der Waals surface area contributed by atoms with E-state index in [-0.39, 0.29) is 17.2 Å². The number of amides is 1. The largest absolute Gasteiger partial charge is 0.507 e. The predicted octanol–water partition coefficient (Wildman–Crippen LogP) is 3.98. The Hall–Kier alpha value is -2.01. The molecule has 0 aliphatic carbocycles. The third-order valence-corrected chi connectivity index (χ3v) is 3.64. The minimum absolute atomic E-state index is 0.109. The number of aromatic hydroxyl groups is 1. The van der Waals surface area contributed by atoms with Crippen molar-refractivity contribution >= 4 is 27.5 Å². The van der Waals surface area contributed by atoms with Gasteiger partial charge in [0.05, 0.1) is 12.7 Å². The van der Waals surface area contributed by atoms with E-state index in [9.17, 15) is 9.90 Å². The van der Waals surface area contributed by atoms with E-state index in [0.29, 0.717) is 5.75 Å². The van der Waals surface area contributed by atoms with Crippen LogP contribution < -0.4 is 10.1 Å². The average Bonchev–Trinajstić information content (AvgIpc) is 2.48. The van der Waals surface area contributed by atoms with Crippen molar-refractivity contribution in [2.75, 3.05) is 12.4 Å². The molecule has 0 aliphatic heterocycles. The van der Waals surface area contributed by atoms with E-state index in [1.807, 2.05) is 25.1 Å². The van der Waals surface area contributed by atoms with Crippen LogP contribution in [0.1, 0.15) is 22.8 Å². The van der Waals surface area contributed by atoms with Crippen LogP contribution in [0.4, 0.5) is 5.69 Å². The lowest BCUT2D eigenvalue weighted by Crippen LogP contribution is -2.13. The smallest absolute Gasteiger partial charge is 0.259 e. The number of benzene rings is 2. The molecular weight excluding hydrogens is 334 g/mol. The Morgan fingerprint density at radius 2 is 2.05 bits per heavy atom. The molecule has 4 nitrogen and oxygen atoms in total. The molecule has 110 valence electrons. The number of phenols is 1. The van der Waals surface area contributed by atoms with Gasteiger partial charge in [-0.2, -0.15) is 0 Å². The van der Waals surface area contributed by atoms with Gasteiger partial charge in [-0.1, -0.05) is 22.9 Å². The van der Waals surface area contributed by atoms with Crippen LogP contribution in [0.15, 0.2) is 40.9 Å². The summed E-state index contributed by atoms with van der Waals surface area (Å²) in [5.41, 5.74) is 1.97. The van der Waals surface area contributed by atoms with Crippen LogP contribution >= 0.6 is 15.9 Å². The van der Waals surface area contributed by atoms with E-state index in [4.69, 9.17) is 4.74 Å². The van der Waals surface area contributed by atoms with Gasteiger partial charge >= 0.3 is 0 Å². The molecular formula is C16H16BrNO3. The van der Waals surface area contributed by atoms with Gasteiger partial charge in [-0.05, 0) is 42.3 Å². The summed E-state index contributed by atoms with van der Waals surface area (Å²) >= 11 is 3.41. The van der Waals surface area contributed by atoms with Crippen LogP contribution in [0.25, 0.3) is 0 Å².